The lowest BCUT2D eigenvalue weighted by Crippen LogP contribution is -1.87. The molecule has 1 nitrogen and oxygen atoms in total. The Morgan fingerprint density at radius 3 is 2.67 bits per heavy atom. The SMILES string of the molecule is [2H]C([2H])(Br)C([2H])([2H])C(C)=O. The Balaban J connectivity index is 4.57. The molecule has 0 spiro atoms. The highest BCUT2D eigenvalue weighted by atomic mass is 79.9. The van der Waals surface area contributed by atoms with E-state index in [1.165, 1.54) is 0 Å². The van der Waals surface area contributed by atoms with Crippen molar-refractivity contribution < 1.29 is 10.3 Å². The van der Waals surface area contributed by atoms with Gasteiger partial charge in [0.1, 0.15) is 5.78 Å². The number of rotatable bonds is 2. The molecule has 0 aliphatic heterocycles. The minimum absolute atomic E-state index is 0.825. The number of alkyl halides is 1. The fraction of sp³-hybridized carbons (Fsp3) is 0.750. The highest BCUT2D eigenvalue weighted by Crippen LogP contribution is 1.86. The van der Waals surface area contributed by atoms with Crippen molar-refractivity contribution in [2.45, 2.75) is 13.3 Å². The normalized spacial score (nSPS) is 23.0. The molecule has 0 radical (unpaired) electrons. The van der Waals surface area contributed by atoms with E-state index in [1.54, 1.807) is 0 Å². The van der Waals surface area contributed by atoms with Gasteiger partial charge in [-0.3, -0.25) is 4.79 Å². The lowest BCUT2D eigenvalue weighted by Gasteiger charge is -1.79. The molecule has 0 aromatic rings. The summed E-state index contributed by atoms with van der Waals surface area (Å²) in [5.41, 5.74) is 0. The molecule has 0 heterocycles. The zero-order chi connectivity index (χ0) is 8.58. The number of carbonyl (C=O) groups is 1. The molecule has 0 aliphatic rings. The van der Waals surface area contributed by atoms with Crippen LogP contribution in [0, 0.1) is 0 Å². The molecule has 0 aliphatic carbocycles. The minimum Gasteiger partial charge on any atom is -0.300 e. The summed E-state index contributed by atoms with van der Waals surface area (Å²) in [6.45, 7) is 1.01. The first-order valence-electron chi connectivity index (χ1n) is 3.39. The van der Waals surface area contributed by atoms with Gasteiger partial charge in [-0.15, -0.1) is 0 Å². The number of hydrogen-bond acceptors (Lipinski definition) is 1. The molecule has 0 unspecified atom stereocenters. The van der Waals surface area contributed by atoms with Gasteiger partial charge < -0.3 is 0 Å². The largest absolute Gasteiger partial charge is 0.300 e. The van der Waals surface area contributed by atoms with Crippen LogP contribution in [0.4, 0.5) is 0 Å². The maximum atomic E-state index is 10.5. The van der Waals surface area contributed by atoms with Crippen molar-refractivity contribution in [3.63, 3.8) is 0 Å². The first-order valence-corrected chi connectivity index (χ1v) is 2.19. The average molecular weight is 155 g/mol. The Bertz CT molecular complexity index is 150. The van der Waals surface area contributed by atoms with Gasteiger partial charge in [-0.1, -0.05) is 15.9 Å². The average Bonchev–Trinajstić information content (AvgIpc) is 1.62. The molecule has 6 heavy (non-hydrogen) atoms. The molecule has 36 valence electrons. The van der Waals surface area contributed by atoms with Gasteiger partial charge in [-0.25, -0.2) is 0 Å². The molecule has 0 N–H and O–H groups in total. The molecule has 0 saturated carbocycles. The first kappa shape index (κ1) is 1.95. The van der Waals surface area contributed by atoms with Gasteiger partial charge in [0.2, 0.25) is 0 Å². The molecule has 0 saturated heterocycles. The summed E-state index contributed by atoms with van der Waals surface area (Å²) in [5, 5.41) is -2.29. The van der Waals surface area contributed by atoms with Crippen LogP contribution in [-0.4, -0.2) is 11.1 Å². The van der Waals surface area contributed by atoms with E-state index < -0.39 is 17.4 Å². The van der Waals surface area contributed by atoms with E-state index in [-0.39, 0.29) is 0 Å². The summed E-state index contributed by atoms with van der Waals surface area (Å²) in [5.74, 6) is -0.825. The zero-order valence-corrected chi connectivity index (χ0v) is 4.87. The maximum absolute atomic E-state index is 10.5. The second kappa shape index (κ2) is 3.34. The maximum Gasteiger partial charge on any atom is 0.130 e. The van der Waals surface area contributed by atoms with Crippen LogP contribution in [0.25, 0.3) is 0 Å². The molecule has 0 aromatic heterocycles. The Morgan fingerprint density at radius 2 is 2.67 bits per heavy atom. The summed E-state index contributed by atoms with van der Waals surface area (Å²) in [4.78, 5) is 10.5. The van der Waals surface area contributed by atoms with E-state index in [1.807, 2.05) is 0 Å². The Morgan fingerprint density at radius 1 is 2.17 bits per heavy atom. The number of hydrogen-bond donors (Lipinski definition) is 0. The van der Waals surface area contributed by atoms with Crippen LogP contribution >= 0.6 is 15.9 Å². The predicted molar refractivity (Wildman–Crippen MR) is 29.1 cm³/mol. The lowest BCUT2D eigenvalue weighted by atomic mass is 10.4. The van der Waals surface area contributed by atoms with Crippen LogP contribution in [0.5, 0.6) is 0 Å². The highest BCUT2D eigenvalue weighted by Gasteiger charge is 1.84. The van der Waals surface area contributed by atoms with E-state index in [0.717, 1.165) is 6.92 Å². The molecule has 0 aromatic carbocycles. The van der Waals surface area contributed by atoms with Crippen LogP contribution in [-0.2, 0) is 4.79 Å². The Kier molecular flexibility index (Phi) is 1.09. The summed E-state index contributed by atoms with van der Waals surface area (Å²) >= 11 is 2.44. The van der Waals surface area contributed by atoms with Gasteiger partial charge in [0, 0.05) is 17.1 Å². The van der Waals surface area contributed by atoms with E-state index in [2.05, 4.69) is 15.9 Å². The van der Waals surface area contributed by atoms with Crippen LogP contribution in [0.15, 0.2) is 0 Å². The van der Waals surface area contributed by atoms with Gasteiger partial charge in [-0.05, 0) is 6.92 Å². The van der Waals surface area contributed by atoms with Crippen molar-refractivity contribution >= 4 is 21.7 Å². The highest BCUT2D eigenvalue weighted by molar-refractivity contribution is 9.09. The predicted octanol–water partition coefficient (Wildman–Crippen LogP) is 1.36. The molecule has 0 rings (SSSR count). The fourth-order valence-electron chi connectivity index (χ4n) is 0.0665. The Hall–Kier alpha value is 0.150. The van der Waals surface area contributed by atoms with Crippen molar-refractivity contribution in [3.8, 4) is 0 Å². The van der Waals surface area contributed by atoms with Gasteiger partial charge in [0.15, 0.2) is 0 Å². The van der Waals surface area contributed by atoms with Crippen molar-refractivity contribution in [1.29, 1.82) is 0 Å². The lowest BCUT2D eigenvalue weighted by molar-refractivity contribution is -0.116. The first-order chi connectivity index (χ1) is 4.19. The topological polar surface area (TPSA) is 17.1 Å². The third-order valence-electron chi connectivity index (χ3n) is 0.223. The molecule has 0 bridgehead atoms. The third-order valence-corrected chi connectivity index (χ3v) is 0.422. The van der Waals surface area contributed by atoms with E-state index in [0.29, 0.717) is 0 Å². The van der Waals surface area contributed by atoms with Gasteiger partial charge in [0.05, 0.1) is 0 Å². The Labute approximate surface area is 51.5 Å². The van der Waals surface area contributed by atoms with Crippen LogP contribution < -0.4 is 0 Å². The van der Waals surface area contributed by atoms with E-state index in [9.17, 15) is 4.79 Å². The molecular formula is C4H7BrO. The van der Waals surface area contributed by atoms with Gasteiger partial charge >= 0.3 is 0 Å². The standard InChI is InChI=1S/C4H7BrO/c1-4(6)2-3-5/h2-3H2,1H3/i2D2,3D2. The van der Waals surface area contributed by atoms with Gasteiger partial charge in [-0.2, -0.15) is 0 Å². The number of Topliss-reactive ketones (excluding diaryl/α,β-unsaturated/α-hetero) is 1. The molecule has 2 heteroatoms. The molecule has 0 fully saturated rings. The monoisotopic (exact) mass is 154 g/mol. The number of carbonyl (C=O) groups excluding carboxylic acids is 1. The van der Waals surface area contributed by atoms with Crippen LogP contribution in [0.3, 0.4) is 0 Å². The van der Waals surface area contributed by atoms with Crippen molar-refractivity contribution in [2.75, 3.05) is 5.28 Å². The summed E-state index contributed by atoms with van der Waals surface area (Å²) < 4.78 is 27.6. The zero-order valence-electron chi connectivity index (χ0n) is 7.29. The quantitative estimate of drug-likeness (QED) is 0.550. The molecular weight excluding hydrogens is 144 g/mol. The second-order valence-electron chi connectivity index (χ2n) is 0.776. The summed E-state index contributed by atoms with van der Waals surface area (Å²) in [7, 11) is 0. The van der Waals surface area contributed by atoms with Crippen molar-refractivity contribution in [3.05, 3.63) is 0 Å². The van der Waals surface area contributed by atoms with E-state index >= 15 is 0 Å². The third kappa shape index (κ3) is 4.15. The number of halogens is 1. The molecule has 0 amide bonds. The van der Waals surface area contributed by atoms with Crippen molar-refractivity contribution in [2.24, 2.45) is 0 Å². The smallest absolute Gasteiger partial charge is 0.130 e. The van der Waals surface area contributed by atoms with Crippen LogP contribution in [0.1, 0.15) is 18.8 Å². The second-order valence-corrected chi connectivity index (χ2v) is 1.17. The fourth-order valence-corrected chi connectivity index (χ4v) is 0.346. The van der Waals surface area contributed by atoms with Gasteiger partial charge in [0.25, 0.3) is 0 Å². The van der Waals surface area contributed by atoms with E-state index in [4.69, 9.17) is 5.48 Å². The van der Waals surface area contributed by atoms with Crippen LogP contribution in [0.2, 0.25) is 0 Å². The number of ketones is 1. The van der Waals surface area contributed by atoms with Crippen molar-refractivity contribution in [1.82, 2.24) is 0 Å². The minimum atomic E-state index is -2.45. The summed E-state index contributed by atoms with van der Waals surface area (Å²) in [6.07, 6.45) is -2.45. The molecule has 0 atom stereocenters. The summed E-state index contributed by atoms with van der Waals surface area (Å²) in [6, 6.07) is 0.